The van der Waals surface area contributed by atoms with Crippen LogP contribution in [-0.4, -0.2) is 58.2 Å². The molecule has 0 aromatic heterocycles. The number of sulfonamides is 1. The number of piperazine rings is 1. The highest BCUT2D eigenvalue weighted by Crippen LogP contribution is 2.08. The maximum atomic E-state index is 11.7. The molecule has 0 unspecified atom stereocenters. The SMILES string of the molecule is C[C@H]1CN(S(=O)(=O)CS(C)(=O)=O)CCN1. The van der Waals surface area contributed by atoms with Crippen molar-refractivity contribution in [1.82, 2.24) is 9.62 Å². The van der Waals surface area contributed by atoms with Gasteiger partial charge in [0, 0.05) is 31.9 Å². The molecule has 15 heavy (non-hydrogen) atoms. The smallest absolute Gasteiger partial charge is 0.228 e. The minimum atomic E-state index is -3.67. The molecular formula is C7H16N2O4S2. The topological polar surface area (TPSA) is 83.6 Å². The Balaban J connectivity index is 2.78. The van der Waals surface area contributed by atoms with Gasteiger partial charge in [-0.2, -0.15) is 4.31 Å². The molecule has 1 rings (SSSR count). The molecule has 1 N–H and O–H groups in total. The zero-order valence-corrected chi connectivity index (χ0v) is 10.4. The van der Waals surface area contributed by atoms with E-state index in [0.29, 0.717) is 19.6 Å². The Morgan fingerprint density at radius 1 is 1.33 bits per heavy atom. The van der Waals surface area contributed by atoms with Crippen molar-refractivity contribution < 1.29 is 16.8 Å². The lowest BCUT2D eigenvalue weighted by Crippen LogP contribution is -2.52. The first kappa shape index (κ1) is 12.9. The Hall–Kier alpha value is -0.180. The lowest BCUT2D eigenvalue weighted by atomic mass is 10.3. The maximum Gasteiger partial charge on any atom is 0.228 e. The van der Waals surface area contributed by atoms with Crippen molar-refractivity contribution in [2.45, 2.75) is 13.0 Å². The largest absolute Gasteiger partial charge is 0.312 e. The van der Waals surface area contributed by atoms with Crippen LogP contribution in [0, 0.1) is 0 Å². The van der Waals surface area contributed by atoms with Crippen LogP contribution in [0.1, 0.15) is 6.92 Å². The molecule has 0 bridgehead atoms. The molecule has 90 valence electrons. The van der Waals surface area contributed by atoms with E-state index in [4.69, 9.17) is 0 Å². The van der Waals surface area contributed by atoms with Crippen LogP contribution in [0.5, 0.6) is 0 Å². The maximum absolute atomic E-state index is 11.7. The fraction of sp³-hybridized carbons (Fsp3) is 1.00. The minimum Gasteiger partial charge on any atom is -0.312 e. The predicted molar refractivity (Wildman–Crippen MR) is 57.7 cm³/mol. The molecule has 1 saturated heterocycles. The molecular weight excluding hydrogens is 240 g/mol. The Labute approximate surface area is 90.6 Å². The van der Waals surface area contributed by atoms with Crippen LogP contribution in [0.4, 0.5) is 0 Å². The highest BCUT2D eigenvalue weighted by Gasteiger charge is 2.29. The van der Waals surface area contributed by atoms with Crippen LogP contribution in [0.25, 0.3) is 0 Å². The van der Waals surface area contributed by atoms with Gasteiger partial charge in [0.25, 0.3) is 0 Å². The molecule has 1 heterocycles. The van der Waals surface area contributed by atoms with Gasteiger partial charge in [0.1, 0.15) is 0 Å². The molecule has 0 amide bonds. The first-order valence-corrected chi connectivity index (χ1v) is 8.26. The van der Waals surface area contributed by atoms with E-state index in [1.54, 1.807) is 0 Å². The van der Waals surface area contributed by atoms with Gasteiger partial charge in [-0.15, -0.1) is 0 Å². The second kappa shape index (κ2) is 4.36. The fourth-order valence-corrected chi connectivity index (χ4v) is 5.08. The van der Waals surface area contributed by atoms with E-state index < -0.39 is 24.9 Å². The van der Waals surface area contributed by atoms with Crippen LogP contribution in [-0.2, 0) is 19.9 Å². The van der Waals surface area contributed by atoms with Crippen molar-refractivity contribution in [2.24, 2.45) is 0 Å². The van der Waals surface area contributed by atoms with Crippen molar-refractivity contribution in [2.75, 3.05) is 31.0 Å². The number of nitrogens with zero attached hydrogens (tertiary/aromatic N) is 1. The van der Waals surface area contributed by atoms with E-state index in [0.717, 1.165) is 6.26 Å². The summed E-state index contributed by atoms with van der Waals surface area (Å²) in [6.07, 6.45) is 0.927. The fourth-order valence-electron chi connectivity index (χ4n) is 1.49. The molecule has 0 saturated carbocycles. The van der Waals surface area contributed by atoms with Crippen molar-refractivity contribution >= 4 is 19.9 Å². The van der Waals surface area contributed by atoms with Crippen molar-refractivity contribution in [1.29, 1.82) is 0 Å². The molecule has 0 aliphatic carbocycles. The number of nitrogens with one attached hydrogen (secondary N) is 1. The van der Waals surface area contributed by atoms with Crippen LogP contribution < -0.4 is 5.32 Å². The summed E-state index contributed by atoms with van der Waals surface area (Å²) in [5.74, 6) is 0. The molecule has 1 aliphatic heterocycles. The second-order valence-electron chi connectivity index (χ2n) is 3.87. The summed E-state index contributed by atoms with van der Waals surface area (Å²) >= 11 is 0. The second-order valence-corrected chi connectivity index (χ2v) is 8.34. The summed E-state index contributed by atoms with van der Waals surface area (Å²) in [6.45, 7) is 3.09. The Bertz CT molecular complexity index is 414. The van der Waals surface area contributed by atoms with Gasteiger partial charge in [0.2, 0.25) is 10.0 Å². The summed E-state index contributed by atoms with van der Waals surface area (Å²) in [6, 6.07) is 0.0630. The molecule has 0 spiro atoms. The summed E-state index contributed by atoms with van der Waals surface area (Å²) in [7, 11) is -7.17. The zero-order chi connectivity index (χ0) is 11.7. The lowest BCUT2D eigenvalue weighted by Gasteiger charge is -2.30. The Morgan fingerprint density at radius 3 is 2.40 bits per heavy atom. The van der Waals surface area contributed by atoms with E-state index in [-0.39, 0.29) is 6.04 Å². The normalized spacial score (nSPS) is 25.3. The van der Waals surface area contributed by atoms with E-state index >= 15 is 0 Å². The Morgan fingerprint density at radius 2 is 1.93 bits per heavy atom. The molecule has 0 radical (unpaired) electrons. The lowest BCUT2D eigenvalue weighted by molar-refractivity contribution is 0.311. The summed E-state index contributed by atoms with van der Waals surface area (Å²) in [5.41, 5.74) is 0. The van der Waals surface area contributed by atoms with Crippen LogP contribution in [0.2, 0.25) is 0 Å². The first-order valence-electron chi connectivity index (χ1n) is 4.60. The zero-order valence-electron chi connectivity index (χ0n) is 8.80. The van der Waals surface area contributed by atoms with Gasteiger partial charge in [-0.05, 0) is 6.92 Å². The minimum absolute atomic E-state index is 0.0630. The number of hydrogen-bond acceptors (Lipinski definition) is 5. The van der Waals surface area contributed by atoms with Crippen LogP contribution in [0.15, 0.2) is 0 Å². The third kappa shape index (κ3) is 4.06. The summed E-state index contributed by atoms with van der Waals surface area (Å²) in [5, 5.41) is 2.29. The van der Waals surface area contributed by atoms with E-state index in [1.807, 2.05) is 6.92 Å². The van der Waals surface area contributed by atoms with Crippen molar-refractivity contribution in [3.05, 3.63) is 0 Å². The third-order valence-electron chi connectivity index (χ3n) is 2.09. The highest BCUT2D eigenvalue weighted by atomic mass is 32.3. The van der Waals surface area contributed by atoms with Gasteiger partial charge in [-0.25, -0.2) is 16.8 Å². The van der Waals surface area contributed by atoms with Crippen LogP contribution in [0.3, 0.4) is 0 Å². The molecule has 1 atom stereocenters. The highest BCUT2D eigenvalue weighted by molar-refractivity contribution is 8.06. The predicted octanol–water partition coefficient (Wildman–Crippen LogP) is -1.39. The van der Waals surface area contributed by atoms with Crippen molar-refractivity contribution in [3.8, 4) is 0 Å². The van der Waals surface area contributed by atoms with Crippen LogP contribution >= 0.6 is 0 Å². The number of rotatable bonds is 3. The van der Waals surface area contributed by atoms with Gasteiger partial charge in [0.15, 0.2) is 14.9 Å². The van der Waals surface area contributed by atoms with Gasteiger partial charge in [-0.3, -0.25) is 0 Å². The monoisotopic (exact) mass is 256 g/mol. The Kier molecular flexibility index (Phi) is 3.75. The molecule has 0 aromatic rings. The quantitative estimate of drug-likeness (QED) is 0.672. The first-order chi connectivity index (χ1) is 6.71. The summed E-state index contributed by atoms with van der Waals surface area (Å²) in [4.78, 5) is 0. The van der Waals surface area contributed by atoms with Gasteiger partial charge in [0.05, 0.1) is 0 Å². The van der Waals surface area contributed by atoms with Gasteiger partial charge >= 0.3 is 0 Å². The average molecular weight is 256 g/mol. The van der Waals surface area contributed by atoms with Crippen molar-refractivity contribution in [3.63, 3.8) is 0 Å². The van der Waals surface area contributed by atoms with E-state index in [1.165, 1.54) is 4.31 Å². The van der Waals surface area contributed by atoms with Gasteiger partial charge in [-0.1, -0.05) is 0 Å². The third-order valence-corrected chi connectivity index (χ3v) is 6.11. The van der Waals surface area contributed by atoms with E-state index in [9.17, 15) is 16.8 Å². The molecule has 0 aromatic carbocycles. The molecule has 1 aliphatic rings. The molecule has 6 nitrogen and oxygen atoms in total. The summed E-state index contributed by atoms with van der Waals surface area (Å²) < 4.78 is 46.5. The molecule has 1 fully saturated rings. The number of hydrogen-bond donors (Lipinski definition) is 1. The molecule has 8 heteroatoms. The average Bonchev–Trinajstić information content (AvgIpc) is 1.99. The van der Waals surface area contributed by atoms with E-state index in [2.05, 4.69) is 5.32 Å². The van der Waals surface area contributed by atoms with Gasteiger partial charge < -0.3 is 5.32 Å². The number of sulfone groups is 1. The standard InChI is InChI=1S/C7H16N2O4S2/c1-7-5-9(4-3-8-7)15(12,13)6-14(2,10)11/h7-8H,3-6H2,1-2H3/t7-/m0/s1.